The summed E-state index contributed by atoms with van der Waals surface area (Å²) >= 11 is 0. The number of rotatable bonds is 1. The van der Waals surface area contributed by atoms with Gasteiger partial charge in [0.2, 0.25) is 0 Å². The van der Waals surface area contributed by atoms with E-state index in [1.165, 1.54) is 4.68 Å². The van der Waals surface area contributed by atoms with Crippen LogP contribution in [-0.4, -0.2) is 19.7 Å². The third kappa shape index (κ3) is 1.98. The zero-order valence-corrected chi connectivity index (χ0v) is 11.7. The Balaban J connectivity index is 0.00000132. The van der Waals surface area contributed by atoms with Gasteiger partial charge < -0.3 is 4.98 Å². The molecule has 0 aliphatic carbocycles. The predicted molar refractivity (Wildman–Crippen MR) is 83.4 cm³/mol. The van der Waals surface area contributed by atoms with E-state index in [4.69, 9.17) is 0 Å². The van der Waals surface area contributed by atoms with Gasteiger partial charge in [0.15, 0.2) is 0 Å². The van der Waals surface area contributed by atoms with Gasteiger partial charge in [-0.2, -0.15) is 9.78 Å². The third-order valence-corrected chi connectivity index (χ3v) is 3.32. The SMILES string of the molecule is Cl.O=c1c2c[nH]c3ccccc3c-2nn1-c1cccnc1. The number of halogens is 1. The summed E-state index contributed by atoms with van der Waals surface area (Å²) in [5.41, 5.74) is 2.75. The van der Waals surface area contributed by atoms with Gasteiger partial charge >= 0.3 is 0 Å². The highest BCUT2D eigenvalue weighted by Crippen LogP contribution is 2.25. The first-order valence-electron chi connectivity index (χ1n) is 6.24. The van der Waals surface area contributed by atoms with Crippen molar-refractivity contribution >= 4 is 23.3 Å². The lowest BCUT2D eigenvalue weighted by atomic mass is 10.1. The van der Waals surface area contributed by atoms with Crippen molar-refractivity contribution in [3.8, 4) is 16.9 Å². The van der Waals surface area contributed by atoms with E-state index in [2.05, 4.69) is 15.1 Å². The molecule has 0 radical (unpaired) electrons. The monoisotopic (exact) mass is 298 g/mol. The number of H-pyrrole nitrogens is 1. The number of aromatic nitrogens is 4. The molecule has 4 rings (SSSR count). The molecule has 0 bridgehead atoms. The zero-order chi connectivity index (χ0) is 13.5. The molecule has 0 saturated heterocycles. The molecule has 2 aliphatic rings. The molecule has 2 aliphatic heterocycles. The molecule has 5 nitrogen and oxygen atoms in total. The van der Waals surface area contributed by atoms with Gasteiger partial charge in [-0.1, -0.05) is 18.2 Å². The Morgan fingerprint density at radius 1 is 1.10 bits per heavy atom. The number of hydrogen-bond acceptors (Lipinski definition) is 3. The largest absolute Gasteiger partial charge is 0.360 e. The number of hydrogen-bond donors (Lipinski definition) is 1. The summed E-state index contributed by atoms with van der Waals surface area (Å²) < 4.78 is 1.39. The molecule has 0 unspecified atom stereocenters. The van der Waals surface area contributed by atoms with E-state index >= 15 is 0 Å². The van der Waals surface area contributed by atoms with Crippen LogP contribution >= 0.6 is 12.4 Å². The van der Waals surface area contributed by atoms with E-state index < -0.39 is 0 Å². The van der Waals surface area contributed by atoms with Crippen molar-refractivity contribution in [2.45, 2.75) is 0 Å². The Kier molecular flexibility index (Phi) is 3.19. The lowest BCUT2D eigenvalue weighted by Crippen LogP contribution is -2.14. The summed E-state index contributed by atoms with van der Waals surface area (Å²) in [6.07, 6.45) is 5.00. The van der Waals surface area contributed by atoms with Crippen LogP contribution in [0.3, 0.4) is 0 Å². The van der Waals surface area contributed by atoms with Crippen molar-refractivity contribution in [2.24, 2.45) is 0 Å². The van der Waals surface area contributed by atoms with E-state index in [1.807, 2.05) is 30.3 Å². The highest BCUT2D eigenvalue weighted by atomic mass is 35.5. The van der Waals surface area contributed by atoms with Crippen LogP contribution in [0.2, 0.25) is 0 Å². The summed E-state index contributed by atoms with van der Waals surface area (Å²) in [4.78, 5) is 19.6. The van der Waals surface area contributed by atoms with Crippen LogP contribution in [0.1, 0.15) is 0 Å². The van der Waals surface area contributed by atoms with Crippen LogP contribution in [0.15, 0.2) is 59.8 Å². The second-order valence-corrected chi connectivity index (χ2v) is 4.52. The lowest BCUT2D eigenvalue weighted by molar-refractivity contribution is 0.853. The summed E-state index contributed by atoms with van der Waals surface area (Å²) in [5, 5.41) is 5.39. The Labute approximate surface area is 126 Å². The van der Waals surface area contributed by atoms with Gasteiger partial charge in [-0.05, 0) is 18.2 Å². The molecule has 6 heteroatoms. The Morgan fingerprint density at radius 3 is 2.76 bits per heavy atom. The van der Waals surface area contributed by atoms with E-state index in [0.29, 0.717) is 16.9 Å². The standard InChI is InChI=1S/C15H10N4O.ClH/c20-15-12-9-17-13-6-2-1-5-11(13)14(12)18-19(15)10-4-3-7-16-8-10;/h1-9,17H;1H. The summed E-state index contributed by atoms with van der Waals surface area (Å²) in [6, 6.07) is 11.4. The maximum Gasteiger partial charge on any atom is 0.282 e. The van der Waals surface area contributed by atoms with E-state index in [9.17, 15) is 4.79 Å². The first kappa shape index (κ1) is 13.3. The second-order valence-electron chi connectivity index (χ2n) is 4.52. The van der Waals surface area contributed by atoms with E-state index in [-0.39, 0.29) is 18.0 Å². The molecule has 1 aromatic carbocycles. The minimum atomic E-state index is -0.144. The molecule has 0 amide bonds. The molecule has 2 aromatic rings. The summed E-state index contributed by atoms with van der Waals surface area (Å²) in [5.74, 6) is 0. The maximum absolute atomic E-state index is 12.4. The predicted octanol–water partition coefficient (Wildman–Crippen LogP) is 2.64. The van der Waals surface area contributed by atoms with Crippen molar-refractivity contribution < 1.29 is 0 Å². The molecule has 0 fully saturated rings. The van der Waals surface area contributed by atoms with E-state index in [0.717, 1.165) is 10.9 Å². The highest BCUT2D eigenvalue weighted by molar-refractivity contribution is 5.93. The Bertz CT molecular complexity index is 929. The topological polar surface area (TPSA) is 63.6 Å². The van der Waals surface area contributed by atoms with Gasteiger partial charge in [-0.15, -0.1) is 12.4 Å². The van der Waals surface area contributed by atoms with Crippen LogP contribution in [0.5, 0.6) is 0 Å². The minimum absolute atomic E-state index is 0. The lowest BCUT2D eigenvalue weighted by Gasteiger charge is -2.01. The Hall–Kier alpha value is -2.66. The van der Waals surface area contributed by atoms with Gasteiger partial charge in [0.1, 0.15) is 5.69 Å². The fraction of sp³-hybridized carbons (Fsp3) is 0. The summed E-state index contributed by atoms with van der Waals surface area (Å²) in [7, 11) is 0. The van der Waals surface area contributed by atoms with E-state index in [1.54, 1.807) is 24.7 Å². The average molecular weight is 299 g/mol. The van der Waals surface area contributed by atoms with Crippen molar-refractivity contribution in [3.63, 3.8) is 0 Å². The Morgan fingerprint density at radius 2 is 1.95 bits per heavy atom. The molecule has 3 heterocycles. The zero-order valence-electron chi connectivity index (χ0n) is 10.9. The van der Waals surface area contributed by atoms with Gasteiger partial charge in [-0.3, -0.25) is 9.78 Å². The number of para-hydroxylation sites is 1. The molecule has 104 valence electrons. The van der Waals surface area contributed by atoms with Crippen molar-refractivity contribution in [3.05, 3.63) is 65.3 Å². The molecule has 0 spiro atoms. The number of nitrogens with zero attached hydrogens (tertiary/aromatic N) is 3. The number of benzene rings is 1. The number of nitrogens with one attached hydrogen (secondary N) is 1. The minimum Gasteiger partial charge on any atom is -0.360 e. The average Bonchev–Trinajstić information content (AvgIpc) is 2.86. The van der Waals surface area contributed by atoms with Crippen molar-refractivity contribution in [1.82, 2.24) is 19.7 Å². The van der Waals surface area contributed by atoms with Crippen LogP contribution < -0.4 is 5.56 Å². The molecular weight excluding hydrogens is 288 g/mol. The fourth-order valence-electron chi connectivity index (χ4n) is 2.36. The molecule has 0 atom stereocenters. The number of pyridine rings is 2. The summed E-state index contributed by atoms with van der Waals surface area (Å²) in [6.45, 7) is 0. The molecule has 1 N–H and O–H groups in total. The van der Waals surface area contributed by atoms with Crippen LogP contribution in [0, 0.1) is 0 Å². The van der Waals surface area contributed by atoms with Gasteiger partial charge in [0.05, 0.1) is 17.4 Å². The van der Waals surface area contributed by atoms with Crippen molar-refractivity contribution in [2.75, 3.05) is 0 Å². The molecule has 21 heavy (non-hydrogen) atoms. The first-order chi connectivity index (χ1) is 9.84. The second kappa shape index (κ2) is 5.03. The van der Waals surface area contributed by atoms with Gasteiger partial charge in [0.25, 0.3) is 5.56 Å². The maximum atomic E-state index is 12.4. The van der Waals surface area contributed by atoms with Gasteiger partial charge in [-0.25, -0.2) is 0 Å². The van der Waals surface area contributed by atoms with Gasteiger partial charge in [0, 0.05) is 23.3 Å². The normalized spacial score (nSPS) is 10.7. The first-order valence-corrected chi connectivity index (χ1v) is 6.24. The molecule has 0 saturated carbocycles. The molecular formula is C15H11ClN4O. The quantitative estimate of drug-likeness (QED) is 0.587. The molecule has 1 aromatic heterocycles. The van der Waals surface area contributed by atoms with Crippen LogP contribution in [0.25, 0.3) is 27.8 Å². The van der Waals surface area contributed by atoms with Crippen LogP contribution in [-0.2, 0) is 0 Å². The number of aromatic amines is 1. The smallest absolute Gasteiger partial charge is 0.282 e. The third-order valence-electron chi connectivity index (χ3n) is 3.32. The number of fused-ring (bicyclic) bond motifs is 3. The van der Waals surface area contributed by atoms with Crippen LogP contribution in [0.4, 0.5) is 0 Å². The fourth-order valence-corrected chi connectivity index (χ4v) is 2.36. The highest BCUT2D eigenvalue weighted by Gasteiger charge is 2.18. The van der Waals surface area contributed by atoms with Crippen molar-refractivity contribution in [1.29, 1.82) is 0 Å².